The zero-order chi connectivity index (χ0) is 19.9. The van der Waals surface area contributed by atoms with Crippen LogP contribution in [0.1, 0.15) is 27.9 Å². The van der Waals surface area contributed by atoms with Gasteiger partial charge in [-0.15, -0.1) is 12.4 Å². The Labute approximate surface area is 183 Å². The van der Waals surface area contributed by atoms with E-state index in [-0.39, 0.29) is 12.4 Å². The monoisotopic (exact) mass is 411 g/mol. The minimum absolute atomic E-state index is 0. The molecule has 0 saturated carbocycles. The van der Waals surface area contributed by atoms with E-state index in [0.29, 0.717) is 5.56 Å². The number of hydrogen-bond acceptors (Lipinski definition) is 2. The van der Waals surface area contributed by atoms with Crippen molar-refractivity contribution in [1.82, 2.24) is 9.55 Å². The summed E-state index contributed by atoms with van der Waals surface area (Å²) in [5, 5.41) is 9.09. The Morgan fingerprint density at radius 3 is 2.17 bits per heavy atom. The summed E-state index contributed by atoms with van der Waals surface area (Å²) < 4.78 is 2.19. The Hall–Kier alpha value is -3.61. The summed E-state index contributed by atoms with van der Waals surface area (Å²) in [5.41, 5.74) is 6.50. The summed E-state index contributed by atoms with van der Waals surface area (Å²) >= 11 is 0. The number of halogens is 1. The lowest BCUT2D eigenvalue weighted by atomic mass is 9.96. The van der Waals surface area contributed by atoms with Gasteiger partial charge in [-0.2, -0.15) is 5.26 Å². The molecule has 0 aliphatic heterocycles. The van der Waals surface area contributed by atoms with Crippen molar-refractivity contribution in [2.24, 2.45) is 0 Å². The number of aromatic nitrogens is 2. The Bertz CT molecular complexity index is 1140. The third-order valence-corrected chi connectivity index (χ3v) is 4.92. The molecule has 0 unspecified atom stereocenters. The second-order valence-corrected chi connectivity index (χ2v) is 6.88. The number of rotatable bonds is 6. The van der Waals surface area contributed by atoms with Gasteiger partial charge in [0.25, 0.3) is 0 Å². The van der Waals surface area contributed by atoms with Crippen molar-refractivity contribution in [2.75, 3.05) is 0 Å². The van der Waals surface area contributed by atoms with Gasteiger partial charge in [-0.3, -0.25) is 0 Å². The van der Waals surface area contributed by atoms with Crippen LogP contribution in [0.5, 0.6) is 0 Å². The van der Waals surface area contributed by atoms with E-state index in [9.17, 15) is 0 Å². The molecule has 3 nitrogen and oxygen atoms in total. The topological polar surface area (TPSA) is 41.6 Å². The molecule has 1 heterocycles. The summed E-state index contributed by atoms with van der Waals surface area (Å²) in [7, 11) is 0. The molecule has 0 aliphatic carbocycles. The van der Waals surface area contributed by atoms with E-state index in [4.69, 9.17) is 5.26 Å². The quantitative estimate of drug-likeness (QED) is 0.396. The first kappa shape index (κ1) is 21.1. The molecule has 148 valence electrons. The number of allylic oxidation sites excluding steroid dienone is 1. The smallest absolute Gasteiger partial charge is 0.0991 e. The molecular weight excluding hydrogens is 390 g/mol. The molecule has 0 N–H and O–H groups in total. The summed E-state index contributed by atoms with van der Waals surface area (Å²) in [6, 6.07) is 30.7. The lowest BCUT2D eigenvalue weighted by Gasteiger charge is -2.11. The van der Waals surface area contributed by atoms with Crippen LogP contribution in [0, 0.1) is 11.3 Å². The number of benzene rings is 3. The molecule has 3 aromatic carbocycles. The first-order chi connectivity index (χ1) is 14.3. The van der Waals surface area contributed by atoms with Crippen molar-refractivity contribution in [3.63, 3.8) is 0 Å². The van der Waals surface area contributed by atoms with Gasteiger partial charge in [-0.25, -0.2) is 4.98 Å². The minimum atomic E-state index is 0. The van der Waals surface area contributed by atoms with Gasteiger partial charge >= 0.3 is 0 Å². The molecule has 0 aliphatic rings. The van der Waals surface area contributed by atoms with Crippen LogP contribution in [-0.2, 0) is 13.0 Å². The summed E-state index contributed by atoms with van der Waals surface area (Å²) in [6.07, 6.45) is 6.84. The highest BCUT2D eigenvalue weighted by Crippen LogP contribution is 2.24. The van der Waals surface area contributed by atoms with Crippen molar-refractivity contribution in [2.45, 2.75) is 13.0 Å². The SMILES string of the molecule is Cl.N#Cc1ccc(C(=CCc2cncn2Cc2ccccc2)c2ccccc2)cc1. The van der Waals surface area contributed by atoms with Crippen LogP contribution >= 0.6 is 12.4 Å². The minimum Gasteiger partial charge on any atom is -0.330 e. The molecule has 0 radical (unpaired) electrons. The van der Waals surface area contributed by atoms with Crippen LogP contribution in [0.15, 0.2) is 104 Å². The Kier molecular flexibility index (Phi) is 7.21. The summed E-state index contributed by atoms with van der Waals surface area (Å²) in [6.45, 7) is 0.807. The molecule has 0 fully saturated rings. The number of hydrogen-bond donors (Lipinski definition) is 0. The maximum atomic E-state index is 9.09. The van der Waals surface area contributed by atoms with Gasteiger partial charge in [0.05, 0.1) is 18.0 Å². The van der Waals surface area contributed by atoms with E-state index in [2.05, 4.69) is 58.1 Å². The molecule has 0 spiro atoms. The van der Waals surface area contributed by atoms with Crippen LogP contribution in [-0.4, -0.2) is 9.55 Å². The van der Waals surface area contributed by atoms with Crippen LogP contribution in [0.25, 0.3) is 5.57 Å². The molecule has 30 heavy (non-hydrogen) atoms. The van der Waals surface area contributed by atoms with Gasteiger partial charge in [0.1, 0.15) is 0 Å². The Morgan fingerprint density at radius 1 is 0.867 bits per heavy atom. The van der Waals surface area contributed by atoms with E-state index >= 15 is 0 Å². The third kappa shape index (κ3) is 5.05. The lowest BCUT2D eigenvalue weighted by Crippen LogP contribution is -2.02. The van der Waals surface area contributed by atoms with Gasteiger partial charge in [-0.1, -0.05) is 78.9 Å². The Balaban J connectivity index is 0.00000256. The van der Waals surface area contributed by atoms with Crippen molar-refractivity contribution in [1.29, 1.82) is 5.26 Å². The second-order valence-electron chi connectivity index (χ2n) is 6.88. The van der Waals surface area contributed by atoms with Gasteiger partial charge in [0, 0.05) is 24.9 Å². The second kappa shape index (κ2) is 10.2. The average molecular weight is 412 g/mol. The summed E-state index contributed by atoms with van der Waals surface area (Å²) in [4.78, 5) is 4.36. The van der Waals surface area contributed by atoms with E-state index in [1.165, 1.54) is 5.56 Å². The van der Waals surface area contributed by atoms with Crippen LogP contribution in [0.3, 0.4) is 0 Å². The van der Waals surface area contributed by atoms with Crippen molar-refractivity contribution >= 4 is 18.0 Å². The number of nitrogens with zero attached hydrogens (tertiary/aromatic N) is 3. The van der Waals surface area contributed by atoms with E-state index in [1.54, 1.807) is 0 Å². The first-order valence-corrected chi connectivity index (χ1v) is 9.62. The molecule has 0 atom stereocenters. The Morgan fingerprint density at radius 2 is 1.50 bits per heavy atom. The highest BCUT2D eigenvalue weighted by Gasteiger charge is 2.07. The fourth-order valence-corrected chi connectivity index (χ4v) is 3.39. The van der Waals surface area contributed by atoms with E-state index < -0.39 is 0 Å². The molecule has 4 rings (SSSR count). The third-order valence-electron chi connectivity index (χ3n) is 4.92. The molecule has 0 amide bonds. The number of nitriles is 1. The van der Waals surface area contributed by atoms with Crippen molar-refractivity contribution in [3.8, 4) is 6.07 Å². The summed E-state index contributed by atoms with van der Waals surface area (Å²) in [5.74, 6) is 0. The van der Waals surface area contributed by atoms with Crippen LogP contribution in [0.2, 0.25) is 0 Å². The van der Waals surface area contributed by atoms with Gasteiger partial charge < -0.3 is 4.57 Å². The van der Waals surface area contributed by atoms with Crippen LogP contribution in [0.4, 0.5) is 0 Å². The fourth-order valence-electron chi connectivity index (χ4n) is 3.39. The van der Waals surface area contributed by atoms with E-state index in [0.717, 1.165) is 35.4 Å². The zero-order valence-electron chi connectivity index (χ0n) is 16.5. The molecule has 4 heteroatoms. The molecule has 1 aromatic heterocycles. The van der Waals surface area contributed by atoms with Gasteiger partial charge in [-0.05, 0) is 34.4 Å². The zero-order valence-corrected chi connectivity index (χ0v) is 17.3. The van der Waals surface area contributed by atoms with Gasteiger partial charge in [0.15, 0.2) is 0 Å². The highest BCUT2D eigenvalue weighted by molar-refractivity contribution is 5.85. The van der Waals surface area contributed by atoms with Crippen molar-refractivity contribution in [3.05, 3.63) is 131 Å². The standard InChI is InChI=1S/C26H21N3.ClH/c27-17-21-11-13-24(14-12-21)26(23-9-5-2-6-10-23)16-15-25-18-28-20-29(25)19-22-7-3-1-4-8-22;/h1-14,16,18,20H,15,19H2;1H. The predicted octanol–water partition coefficient (Wildman–Crippen LogP) is 5.90. The van der Waals surface area contributed by atoms with E-state index in [1.807, 2.05) is 61.1 Å². The normalized spacial score (nSPS) is 10.8. The molecule has 0 bridgehead atoms. The maximum absolute atomic E-state index is 9.09. The van der Waals surface area contributed by atoms with Gasteiger partial charge in [0.2, 0.25) is 0 Å². The molecule has 4 aromatic rings. The fraction of sp³-hybridized carbons (Fsp3) is 0.0769. The molecular formula is C26H22ClN3. The average Bonchev–Trinajstić information content (AvgIpc) is 3.22. The first-order valence-electron chi connectivity index (χ1n) is 9.62. The largest absolute Gasteiger partial charge is 0.330 e. The lowest BCUT2D eigenvalue weighted by molar-refractivity contribution is 0.757. The van der Waals surface area contributed by atoms with Crippen LogP contribution < -0.4 is 0 Å². The highest BCUT2D eigenvalue weighted by atomic mass is 35.5. The molecule has 0 saturated heterocycles. The van der Waals surface area contributed by atoms with Crippen molar-refractivity contribution < 1.29 is 0 Å². The maximum Gasteiger partial charge on any atom is 0.0991 e. The predicted molar refractivity (Wildman–Crippen MR) is 123 cm³/mol. The number of imidazole rings is 1.